The normalized spacial score (nSPS) is 15.2. The third-order valence-corrected chi connectivity index (χ3v) is 5.03. The Balaban J connectivity index is 1.63. The standard InChI is InChI=1S/C21H22N2O/c1-15-18-9-11-23(14-16-5-3-2-4-6-16)12-10-21(18)22-20-8-7-17(24)13-19(15)20/h2-8,13,24H,9-12,14H2,1H3. The van der Waals surface area contributed by atoms with Crippen molar-refractivity contribution in [1.29, 1.82) is 0 Å². The summed E-state index contributed by atoms with van der Waals surface area (Å²) in [4.78, 5) is 7.39. The van der Waals surface area contributed by atoms with Crippen LogP contribution in [0.4, 0.5) is 0 Å². The molecule has 2 heterocycles. The summed E-state index contributed by atoms with van der Waals surface area (Å²) >= 11 is 0. The van der Waals surface area contributed by atoms with Crippen LogP contribution in [-0.2, 0) is 19.4 Å². The van der Waals surface area contributed by atoms with Gasteiger partial charge in [-0.3, -0.25) is 9.88 Å². The van der Waals surface area contributed by atoms with Crippen molar-refractivity contribution in [3.63, 3.8) is 0 Å². The van der Waals surface area contributed by atoms with Crippen LogP contribution < -0.4 is 0 Å². The maximum Gasteiger partial charge on any atom is 0.116 e. The van der Waals surface area contributed by atoms with Crippen LogP contribution in [0.3, 0.4) is 0 Å². The zero-order valence-electron chi connectivity index (χ0n) is 14.0. The number of benzene rings is 2. The minimum atomic E-state index is 0.312. The van der Waals surface area contributed by atoms with E-state index in [1.807, 2.05) is 12.1 Å². The summed E-state index contributed by atoms with van der Waals surface area (Å²) in [6, 6.07) is 16.1. The molecule has 0 amide bonds. The predicted octanol–water partition coefficient (Wildman–Crippen LogP) is 3.85. The lowest BCUT2D eigenvalue weighted by molar-refractivity contribution is 0.279. The highest BCUT2D eigenvalue weighted by Crippen LogP contribution is 2.28. The molecule has 122 valence electrons. The van der Waals surface area contributed by atoms with Crippen molar-refractivity contribution in [1.82, 2.24) is 9.88 Å². The zero-order chi connectivity index (χ0) is 16.5. The number of rotatable bonds is 2. The van der Waals surface area contributed by atoms with Crippen molar-refractivity contribution in [3.8, 4) is 5.75 Å². The minimum absolute atomic E-state index is 0.312. The number of hydrogen-bond donors (Lipinski definition) is 1. The summed E-state index contributed by atoms with van der Waals surface area (Å²) in [6.45, 7) is 5.25. The van der Waals surface area contributed by atoms with E-state index in [1.54, 1.807) is 6.07 Å². The van der Waals surface area contributed by atoms with Gasteiger partial charge in [0.1, 0.15) is 5.75 Å². The lowest BCUT2D eigenvalue weighted by Gasteiger charge is -2.19. The molecule has 2 aromatic carbocycles. The van der Waals surface area contributed by atoms with Crippen LogP contribution in [0.15, 0.2) is 48.5 Å². The van der Waals surface area contributed by atoms with Crippen molar-refractivity contribution in [2.24, 2.45) is 0 Å². The maximum absolute atomic E-state index is 9.78. The first-order valence-corrected chi connectivity index (χ1v) is 8.58. The van der Waals surface area contributed by atoms with Crippen LogP contribution in [0.2, 0.25) is 0 Å². The van der Waals surface area contributed by atoms with E-state index >= 15 is 0 Å². The monoisotopic (exact) mass is 318 g/mol. The molecule has 1 aliphatic rings. The second kappa shape index (κ2) is 6.25. The van der Waals surface area contributed by atoms with Gasteiger partial charge < -0.3 is 5.11 Å². The van der Waals surface area contributed by atoms with E-state index in [9.17, 15) is 5.11 Å². The van der Waals surface area contributed by atoms with Gasteiger partial charge in [-0.1, -0.05) is 30.3 Å². The van der Waals surface area contributed by atoms with Crippen molar-refractivity contribution in [3.05, 3.63) is 70.9 Å². The van der Waals surface area contributed by atoms with E-state index in [0.29, 0.717) is 5.75 Å². The molecule has 0 spiro atoms. The molecule has 3 heteroatoms. The molecule has 0 saturated carbocycles. The lowest BCUT2D eigenvalue weighted by Crippen LogP contribution is -2.25. The van der Waals surface area contributed by atoms with Crippen LogP contribution in [0.1, 0.15) is 22.4 Å². The summed E-state index contributed by atoms with van der Waals surface area (Å²) in [6.07, 6.45) is 2.01. The molecule has 24 heavy (non-hydrogen) atoms. The van der Waals surface area contributed by atoms with Gasteiger partial charge >= 0.3 is 0 Å². The highest BCUT2D eigenvalue weighted by Gasteiger charge is 2.18. The number of fused-ring (bicyclic) bond motifs is 2. The van der Waals surface area contributed by atoms with Crippen molar-refractivity contribution in [2.75, 3.05) is 13.1 Å². The highest BCUT2D eigenvalue weighted by atomic mass is 16.3. The molecule has 1 N–H and O–H groups in total. The molecule has 0 unspecified atom stereocenters. The third-order valence-electron chi connectivity index (χ3n) is 5.03. The average Bonchev–Trinajstić information content (AvgIpc) is 2.80. The van der Waals surface area contributed by atoms with Gasteiger partial charge in [-0.15, -0.1) is 0 Å². The Morgan fingerprint density at radius 2 is 1.83 bits per heavy atom. The molecule has 1 aromatic heterocycles. The fourth-order valence-electron chi connectivity index (χ4n) is 3.70. The summed E-state index contributed by atoms with van der Waals surface area (Å²) in [5.74, 6) is 0.312. The average molecular weight is 318 g/mol. The smallest absolute Gasteiger partial charge is 0.116 e. The van der Waals surface area contributed by atoms with Gasteiger partial charge in [-0.25, -0.2) is 0 Å². The Morgan fingerprint density at radius 3 is 2.67 bits per heavy atom. The predicted molar refractivity (Wildman–Crippen MR) is 97.3 cm³/mol. The topological polar surface area (TPSA) is 36.4 Å². The number of aromatic hydroxyl groups is 1. The summed E-state index contributed by atoms with van der Waals surface area (Å²) in [5.41, 5.74) is 6.21. The van der Waals surface area contributed by atoms with Crippen molar-refractivity contribution < 1.29 is 5.11 Å². The van der Waals surface area contributed by atoms with E-state index in [0.717, 1.165) is 43.4 Å². The molecule has 1 aliphatic heterocycles. The third kappa shape index (κ3) is 2.87. The number of phenolic OH excluding ortho intramolecular Hbond substituents is 1. The molecule has 0 radical (unpaired) electrons. The van der Waals surface area contributed by atoms with E-state index in [1.165, 1.54) is 22.4 Å². The largest absolute Gasteiger partial charge is 0.508 e. The second-order valence-corrected chi connectivity index (χ2v) is 6.63. The van der Waals surface area contributed by atoms with Crippen molar-refractivity contribution in [2.45, 2.75) is 26.3 Å². The Bertz CT molecular complexity index is 874. The van der Waals surface area contributed by atoms with E-state index < -0.39 is 0 Å². The first-order chi connectivity index (χ1) is 11.7. The number of aryl methyl sites for hydroxylation is 1. The molecule has 4 rings (SSSR count). The number of pyridine rings is 1. The van der Waals surface area contributed by atoms with E-state index in [-0.39, 0.29) is 0 Å². The van der Waals surface area contributed by atoms with Crippen LogP contribution in [0, 0.1) is 6.92 Å². The SMILES string of the molecule is Cc1c2c(nc3ccc(O)cc13)CCN(Cc1ccccc1)CC2. The Labute approximate surface area is 142 Å². The summed E-state index contributed by atoms with van der Waals surface area (Å²) in [5, 5.41) is 10.9. The maximum atomic E-state index is 9.78. The highest BCUT2D eigenvalue weighted by molar-refractivity contribution is 5.84. The van der Waals surface area contributed by atoms with Gasteiger partial charge in [-0.2, -0.15) is 0 Å². The molecule has 0 bridgehead atoms. The Hall–Kier alpha value is -2.39. The van der Waals surface area contributed by atoms with Gasteiger partial charge in [-0.05, 0) is 48.2 Å². The number of hydrogen-bond acceptors (Lipinski definition) is 3. The lowest BCUT2D eigenvalue weighted by atomic mass is 9.98. The second-order valence-electron chi connectivity index (χ2n) is 6.63. The molecule has 3 aromatic rings. The molecule has 3 nitrogen and oxygen atoms in total. The van der Waals surface area contributed by atoms with Crippen molar-refractivity contribution >= 4 is 10.9 Å². The summed E-state index contributed by atoms with van der Waals surface area (Å²) in [7, 11) is 0. The molecule has 0 fully saturated rings. The van der Waals surface area contributed by atoms with Crippen LogP contribution in [0.25, 0.3) is 10.9 Å². The first-order valence-electron chi connectivity index (χ1n) is 8.58. The van der Waals surface area contributed by atoms with Gasteiger partial charge in [0.2, 0.25) is 0 Å². The molecule has 0 saturated heterocycles. The van der Waals surface area contributed by atoms with Crippen LogP contribution in [0.5, 0.6) is 5.75 Å². The zero-order valence-corrected chi connectivity index (χ0v) is 14.0. The number of aromatic nitrogens is 1. The van der Waals surface area contributed by atoms with Gasteiger partial charge in [0.25, 0.3) is 0 Å². The molecule has 0 atom stereocenters. The Morgan fingerprint density at radius 1 is 1.04 bits per heavy atom. The molecular formula is C21H22N2O. The fourth-order valence-corrected chi connectivity index (χ4v) is 3.70. The van der Waals surface area contributed by atoms with Gasteiger partial charge in [0, 0.05) is 37.1 Å². The Kier molecular flexibility index (Phi) is 3.95. The first kappa shape index (κ1) is 15.2. The minimum Gasteiger partial charge on any atom is -0.508 e. The number of phenols is 1. The fraction of sp³-hybridized carbons (Fsp3) is 0.286. The van der Waals surface area contributed by atoms with Crippen LogP contribution in [-0.4, -0.2) is 28.1 Å². The molecular weight excluding hydrogens is 296 g/mol. The van der Waals surface area contributed by atoms with Gasteiger partial charge in [0.15, 0.2) is 0 Å². The van der Waals surface area contributed by atoms with E-state index in [2.05, 4.69) is 42.2 Å². The molecule has 0 aliphatic carbocycles. The van der Waals surface area contributed by atoms with Gasteiger partial charge in [0.05, 0.1) is 5.52 Å². The van der Waals surface area contributed by atoms with Crippen LogP contribution >= 0.6 is 0 Å². The number of nitrogens with zero attached hydrogens (tertiary/aromatic N) is 2. The summed E-state index contributed by atoms with van der Waals surface area (Å²) < 4.78 is 0. The van der Waals surface area contributed by atoms with E-state index in [4.69, 9.17) is 4.98 Å². The quantitative estimate of drug-likeness (QED) is 0.780.